The molecule has 1 atom stereocenters. The Morgan fingerprint density at radius 1 is 1.53 bits per heavy atom. The standard InChI is InChI=1S/C13H17BrN2O/c1-3-15-11-7-8-16(13(11)17)12-6-4-5-10(14)9(12)2/h4-6,11,15H,3,7-8H2,1-2H3. The average Bonchev–Trinajstić information content (AvgIpc) is 2.66. The minimum absolute atomic E-state index is 0.0154. The third-order valence-corrected chi connectivity index (χ3v) is 4.05. The Balaban J connectivity index is 2.24. The number of likely N-dealkylation sites (N-methyl/N-ethyl adjacent to an activating group) is 1. The molecule has 0 bridgehead atoms. The molecule has 1 unspecified atom stereocenters. The molecule has 1 amide bonds. The molecule has 0 aromatic heterocycles. The van der Waals surface area contributed by atoms with E-state index in [0.717, 1.165) is 35.2 Å². The summed E-state index contributed by atoms with van der Waals surface area (Å²) in [4.78, 5) is 14.1. The highest BCUT2D eigenvalue weighted by molar-refractivity contribution is 9.10. The van der Waals surface area contributed by atoms with Crippen molar-refractivity contribution in [2.45, 2.75) is 26.3 Å². The summed E-state index contributed by atoms with van der Waals surface area (Å²) in [7, 11) is 0. The number of nitrogens with zero attached hydrogens (tertiary/aromatic N) is 1. The molecule has 1 aromatic carbocycles. The van der Waals surface area contributed by atoms with Crippen LogP contribution in [-0.2, 0) is 4.79 Å². The lowest BCUT2D eigenvalue weighted by Gasteiger charge is -2.20. The maximum atomic E-state index is 12.2. The Morgan fingerprint density at radius 2 is 2.29 bits per heavy atom. The topological polar surface area (TPSA) is 32.3 Å². The highest BCUT2D eigenvalue weighted by Gasteiger charge is 2.32. The zero-order valence-corrected chi connectivity index (χ0v) is 11.8. The van der Waals surface area contributed by atoms with Crippen molar-refractivity contribution in [3.05, 3.63) is 28.2 Å². The smallest absolute Gasteiger partial charge is 0.244 e. The SMILES string of the molecule is CCNC1CCN(c2cccc(Br)c2C)C1=O. The van der Waals surface area contributed by atoms with Gasteiger partial charge < -0.3 is 10.2 Å². The molecule has 1 saturated heterocycles. The molecule has 0 spiro atoms. The van der Waals surface area contributed by atoms with E-state index in [0.29, 0.717) is 0 Å². The van der Waals surface area contributed by atoms with Crippen LogP contribution in [-0.4, -0.2) is 25.0 Å². The lowest BCUT2D eigenvalue weighted by atomic mass is 10.2. The van der Waals surface area contributed by atoms with Gasteiger partial charge in [0.2, 0.25) is 5.91 Å². The van der Waals surface area contributed by atoms with Crippen LogP contribution in [0, 0.1) is 6.92 Å². The number of anilines is 1. The Labute approximate surface area is 110 Å². The van der Waals surface area contributed by atoms with Crippen molar-refractivity contribution in [1.82, 2.24) is 5.32 Å². The van der Waals surface area contributed by atoms with Crippen LogP contribution < -0.4 is 10.2 Å². The third kappa shape index (κ3) is 2.38. The molecule has 1 N–H and O–H groups in total. The van der Waals surface area contributed by atoms with Crippen LogP contribution in [0.25, 0.3) is 0 Å². The molecule has 4 heteroatoms. The van der Waals surface area contributed by atoms with Gasteiger partial charge in [-0.2, -0.15) is 0 Å². The molecule has 1 fully saturated rings. The van der Waals surface area contributed by atoms with Crippen molar-refractivity contribution in [1.29, 1.82) is 0 Å². The van der Waals surface area contributed by atoms with E-state index in [2.05, 4.69) is 21.2 Å². The highest BCUT2D eigenvalue weighted by Crippen LogP contribution is 2.29. The summed E-state index contributed by atoms with van der Waals surface area (Å²) in [6, 6.07) is 5.96. The quantitative estimate of drug-likeness (QED) is 0.929. The van der Waals surface area contributed by atoms with Crippen molar-refractivity contribution in [2.75, 3.05) is 18.0 Å². The van der Waals surface area contributed by atoms with Gasteiger partial charge in [0.1, 0.15) is 0 Å². The van der Waals surface area contributed by atoms with Gasteiger partial charge in [0.05, 0.1) is 6.04 Å². The second-order valence-corrected chi connectivity index (χ2v) is 5.13. The van der Waals surface area contributed by atoms with E-state index < -0.39 is 0 Å². The lowest BCUT2D eigenvalue weighted by molar-refractivity contribution is -0.118. The molecule has 1 aliphatic heterocycles. The number of amides is 1. The molecule has 0 aliphatic carbocycles. The van der Waals surface area contributed by atoms with Gasteiger partial charge in [-0.05, 0) is 37.6 Å². The van der Waals surface area contributed by atoms with Crippen molar-refractivity contribution >= 4 is 27.5 Å². The van der Waals surface area contributed by atoms with Crippen LogP contribution in [0.15, 0.2) is 22.7 Å². The summed E-state index contributed by atoms with van der Waals surface area (Å²) in [5.41, 5.74) is 2.14. The van der Waals surface area contributed by atoms with E-state index in [-0.39, 0.29) is 11.9 Å². The summed E-state index contributed by atoms with van der Waals surface area (Å²) >= 11 is 3.51. The molecule has 1 aliphatic rings. The molecule has 92 valence electrons. The number of halogens is 1. The Hall–Kier alpha value is -0.870. The summed E-state index contributed by atoms with van der Waals surface area (Å²) in [5.74, 6) is 0.188. The van der Waals surface area contributed by atoms with Gasteiger partial charge in [0.25, 0.3) is 0 Å². The molecular formula is C13H17BrN2O. The predicted octanol–water partition coefficient (Wildman–Crippen LogP) is 2.47. The first-order valence-corrected chi connectivity index (χ1v) is 6.74. The summed E-state index contributed by atoms with van der Waals surface area (Å²) in [6.45, 7) is 5.70. The van der Waals surface area contributed by atoms with Crippen molar-refractivity contribution in [3.8, 4) is 0 Å². The minimum atomic E-state index is -0.0154. The zero-order chi connectivity index (χ0) is 12.4. The van der Waals surface area contributed by atoms with Gasteiger partial charge >= 0.3 is 0 Å². The summed E-state index contributed by atoms with van der Waals surface area (Å²) < 4.78 is 1.05. The molecule has 1 aromatic rings. The van der Waals surface area contributed by atoms with Crippen molar-refractivity contribution < 1.29 is 4.79 Å². The Kier molecular flexibility index (Phi) is 3.84. The number of nitrogens with one attached hydrogen (secondary N) is 1. The molecule has 2 rings (SSSR count). The van der Waals surface area contributed by atoms with Gasteiger partial charge in [-0.25, -0.2) is 0 Å². The van der Waals surface area contributed by atoms with E-state index in [4.69, 9.17) is 0 Å². The summed E-state index contributed by atoms with van der Waals surface area (Å²) in [5, 5.41) is 3.23. The predicted molar refractivity (Wildman–Crippen MR) is 73.3 cm³/mol. The van der Waals surface area contributed by atoms with Crippen LogP contribution in [0.3, 0.4) is 0 Å². The van der Waals surface area contributed by atoms with E-state index in [1.165, 1.54) is 0 Å². The Bertz CT molecular complexity index is 433. The maximum absolute atomic E-state index is 12.2. The number of benzene rings is 1. The van der Waals surface area contributed by atoms with Gasteiger partial charge in [-0.3, -0.25) is 4.79 Å². The molecular weight excluding hydrogens is 280 g/mol. The van der Waals surface area contributed by atoms with E-state index >= 15 is 0 Å². The number of rotatable bonds is 3. The van der Waals surface area contributed by atoms with E-state index in [1.807, 2.05) is 36.9 Å². The van der Waals surface area contributed by atoms with Gasteiger partial charge in [0.15, 0.2) is 0 Å². The largest absolute Gasteiger partial charge is 0.311 e. The van der Waals surface area contributed by atoms with Crippen LogP contribution in [0.2, 0.25) is 0 Å². The first-order valence-electron chi connectivity index (χ1n) is 5.95. The van der Waals surface area contributed by atoms with Crippen LogP contribution in [0.1, 0.15) is 18.9 Å². The maximum Gasteiger partial charge on any atom is 0.244 e. The third-order valence-electron chi connectivity index (χ3n) is 3.19. The highest BCUT2D eigenvalue weighted by atomic mass is 79.9. The molecule has 1 heterocycles. The average molecular weight is 297 g/mol. The zero-order valence-electron chi connectivity index (χ0n) is 10.2. The fraction of sp³-hybridized carbons (Fsp3) is 0.462. The fourth-order valence-electron chi connectivity index (χ4n) is 2.24. The first kappa shape index (κ1) is 12.6. The fourth-order valence-corrected chi connectivity index (χ4v) is 2.60. The van der Waals surface area contributed by atoms with Crippen LogP contribution >= 0.6 is 15.9 Å². The molecule has 0 radical (unpaired) electrons. The second-order valence-electron chi connectivity index (χ2n) is 4.27. The normalized spacial score (nSPS) is 20.1. The summed E-state index contributed by atoms with van der Waals surface area (Å²) in [6.07, 6.45) is 0.888. The van der Waals surface area contributed by atoms with Gasteiger partial charge in [-0.1, -0.05) is 28.9 Å². The number of carbonyl (C=O) groups excluding carboxylic acids is 1. The second kappa shape index (κ2) is 5.19. The minimum Gasteiger partial charge on any atom is -0.311 e. The monoisotopic (exact) mass is 296 g/mol. The van der Waals surface area contributed by atoms with Gasteiger partial charge in [-0.15, -0.1) is 0 Å². The number of hydrogen-bond acceptors (Lipinski definition) is 2. The van der Waals surface area contributed by atoms with Gasteiger partial charge in [0, 0.05) is 16.7 Å². The van der Waals surface area contributed by atoms with Crippen LogP contribution in [0.5, 0.6) is 0 Å². The van der Waals surface area contributed by atoms with Crippen molar-refractivity contribution in [3.63, 3.8) is 0 Å². The van der Waals surface area contributed by atoms with Crippen molar-refractivity contribution in [2.24, 2.45) is 0 Å². The van der Waals surface area contributed by atoms with Crippen LogP contribution in [0.4, 0.5) is 5.69 Å². The molecule has 17 heavy (non-hydrogen) atoms. The number of carbonyl (C=O) groups is 1. The first-order chi connectivity index (χ1) is 8.15. The van der Waals surface area contributed by atoms with E-state index in [1.54, 1.807) is 0 Å². The molecule has 3 nitrogen and oxygen atoms in total. The lowest BCUT2D eigenvalue weighted by Crippen LogP contribution is -2.38. The number of hydrogen-bond donors (Lipinski definition) is 1. The van der Waals surface area contributed by atoms with E-state index in [9.17, 15) is 4.79 Å². The Morgan fingerprint density at radius 3 is 3.00 bits per heavy atom. The molecule has 0 saturated carbocycles.